The Labute approximate surface area is 322 Å². The molecule has 0 aliphatic carbocycles. The highest BCUT2D eigenvalue weighted by molar-refractivity contribution is 7.99. The van der Waals surface area contributed by atoms with Crippen LogP contribution in [-0.2, 0) is 32.7 Å². The molecule has 2 fully saturated rings. The molecular weight excluding hydrogens is 729 g/mol. The number of nitrogens with zero attached hydrogens (tertiary/aromatic N) is 3. The number of hydrogen-bond acceptors (Lipinski definition) is 15. The summed E-state index contributed by atoms with van der Waals surface area (Å²) in [6.45, 7) is 5.28. The van der Waals surface area contributed by atoms with E-state index in [1.54, 1.807) is 12.1 Å². The maximum atomic E-state index is 14.7. The van der Waals surface area contributed by atoms with E-state index in [9.17, 15) is 25.1 Å². The number of likely N-dealkylation sites (N-methyl/N-ethyl adjacent to an activating group) is 1. The van der Waals surface area contributed by atoms with Gasteiger partial charge in [0.1, 0.15) is 18.4 Å². The first-order valence-electron chi connectivity index (χ1n) is 18.3. The quantitative estimate of drug-likeness (QED) is 0.258. The Morgan fingerprint density at radius 1 is 1.05 bits per heavy atom. The summed E-state index contributed by atoms with van der Waals surface area (Å²) >= 11 is 1.48. The number of thioether (sulfide) groups is 1. The number of aromatic hydroxyl groups is 2. The van der Waals surface area contributed by atoms with Gasteiger partial charge in [-0.25, -0.2) is 4.79 Å². The Bertz CT molecular complexity index is 2220. The van der Waals surface area contributed by atoms with Crippen molar-refractivity contribution in [2.24, 2.45) is 0 Å². The topological polar surface area (TPSA) is 172 Å². The molecule has 14 nitrogen and oxygen atoms in total. The fourth-order valence-electron chi connectivity index (χ4n) is 10.2. The van der Waals surface area contributed by atoms with Crippen LogP contribution < -0.4 is 29.0 Å². The van der Waals surface area contributed by atoms with Gasteiger partial charge in [-0.15, -0.1) is 11.8 Å². The summed E-state index contributed by atoms with van der Waals surface area (Å²) in [5.41, 5.74) is 4.41. The highest BCUT2D eigenvalue weighted by Gasteiger charge is 2.62. The average molecular weight is 771 g/mol. The normalized spacial score (nSPS) is 28.9. The number of esters is 2. The lowest BCUT2D eigenvalue weighted by Crippen LogP contribution is -2.69. The molecule has 3 N–H and O–H groups in total. The number of nitriles is 1. The van der Waals surface area contributed by atoms with Gasteiger partial charge in [0, 0.05) is 53.6 Å². The number of aryl methyl sites for hydroxylation is 1. The summed E-state index contributed by atoms with van der Waals surface area (Å²) < 4.78 is 36.1. The molecule has 7 aliphatic heterocycles. The molecule has 1 spiro atoms. The minimum Gasteiger partial charge on any atom is -0.504 e. The largest absolute Gasteiger partial charge is 0.504 e. The van der Waals surface area contributed by atoms with Crippen molar-refractivity contribution in [1.29, 1.82) is 5.26 Å². The number of hydrogen-bond donors (Lipinski definition) is 3. The molecule has 55 heavy (non-hydrogen) atoms. The summed E-state index contributed by atoms with van der Waals surface area (Å²) in [6.07, 6.45) is 1.05. The van der Waals surface area contributed by atoms with Crippen LogP contribution in [0.5, 0.6) is 40.2 Å². The highest BCUT2D eigenvalue weighted by atomic mass is 32.2. The van der Waals surface area contributed by atoms with Crippen molar-refractivity contribution in [3.63, 3.8) is 0 Å². The van der Waals surface area contributed by atoms with Crippen molar-refractivity contribution in [3.05, 3.63) is 62.7 Å². The third-order valence-electron chi connectivity index (χ3n) is 12.4. The van der Waals surface area contributed by atoms with E-state index in [1.165, 1.54) is 32.9 Å². The van der Waals surface area contributed by atoms with Crippen LogP contribution in [-0.4, -0.2) is 97.0 Å². The highest BCUT2D eigenvalue weighted by Crippen LogP contribution is 2.64. The summed E-state index contributed by atoms with van der Waals surface area (Å²) in [6, 6.07) is 5.28. The van der Waals surface area contributed by atoms with E-state index in [1.807, 2.05) is 27.0 Å². The smallest absolute Gasteiger partial charge is 0.331 e. The molecule has 0 aromatic heterocycles. The first-order chi connectivity index (χ1) is 26.4. The van der Waals surface area contributed by atoms with Gasteiger partial charge in [-0.05, 0) is 68.1 Å². The van der Waals surface area contributed by atoms with Crippen molar-refractivity contribution in [3.8, 4) is 46.3 Å². The first-order valence-corrected chi connectivity index (χ1v) is 19.4. The Hall–Kier alpha value is -4.88. The molecule has 288 valence electrons. The number of phenols is 2. The third-order valence-corrected chi connectivity index (χ3v) is 13.9. The number of rotatable bonds is 3. The molecule has 3 aromatic rings. The van der Waals surface area contributed by atoms with E-state index < -0.39 is 46.9 Å². The lowest BCUT2D eigenvalue weighted by atomic mass is 9.71. The Balaban J connectivity index is 1.33. The van der Waals surface area contributed by atoms with E-state index in [-0.39, 0.29) is 42.4 Å². The van der Waals surface area contributed by atoms with Gasteiger partial charge in [0.2, 0.25) is 6.79 Å². The van der Waals surface area contributed by atoms with Crippen LogP contribution in [0.25, 0.3) is 0 Å². The molecule has 7 aliphatic rings. The number of ether oxygens (including phenoxy) is 6. The molecule has 15 heteroatoms. The van der Waals surface area contributed by atoms with Gasteiger partial charge in [0.25, 0.3) is 0 Å². The van der Waals surface area contributed by atoms with Gasteiger partial charge in [0.05, 0.1) is 37.6 Å². The minimum atomic E-state index is -1.36. The number of methoxy groups -OCH3 is 2. The van der Waals surface area contributed by atoms with Gasteiger partial charge in [-0.1, -0.05) is 6.07 Å². The summed E-state index contributed by atoms with van der Waals surface area (Å²) in [7, 11) is 4.99. The number of nitrogens with one attached hydrogen (secondary N) is 1. The maximum absolute atomic E-state index is 14.7. The second-order valence-electron chi connectivity index (χ2n) is 15.1. The molecule has 7 atom stereocenters. The molecule has 7 heterocycles. The molecule has 0 radical (unpaired) electrons. The van der Waals surface area contributed by atoms with Crippen molar-refractivity contribution in [2.45, 2.75) is 74.6 Å². The van der Waals surface area contributed by atoms with Gasteiger partial charge >= 0.3 is 11.9 Å². The van der Waals surface area contributed by atoms with Gasteiger partial charge in [-0.3, -0.25) is 19.9 Å². The number of carbonyl (C=O) groups is 2. The van der Waals surface area contributed by atoms with Crippen molar-refractivity contribution < 1.29 is 48.2 Å². The van der Waals surface area contributed by atoms with E-state index in [0.29, 0.717) is 70.2 Å². The van der Waals surface area contributed by atoms with Gasteiger partial charge in [-0.2, -0.15) is 5.26 Å². The zero-order valence-electron chi connectivity index (χ0n) is 31.3. The second-order valence-corrected chi connectivity index (χ2v) is 16.2. The van der Waals surface area contributed by atoms with Crippen molar-refractivity contribution in [1.82, 2.24) is 15.1 Å². The number of piperazine rings is 1. The van der Waals surface area contributed by atoms with Crippen LogP contribution in [0.4, 0.5) is 0 Å². The molecule has 0 saturated carbocycles. The lowest BCUT2D eigenvalue weighted by Gasteiger charge is -2.62. The van der Waals surface area contributed by atoms with Crippen LogP contribution in [0.2, 0.25) is 0 Å². The molecule has 0 amide bonds. The predicted molar refractivity (Wildman–Crippen MR) is 198 cm³/mol. The van der Waals surface area contributed by atoms with Crippen LogP contribution in [0.15, 0.2) is 18.2 Å². The number of fused-ring (bicyclic) bond motifs is 9. The summed E-state index contributed by atoms with van der Waals surface area (Å²) in [5.74, 6) is 0.973. The Morgan fingerprint density at radius 3 is 2.56 bits per heavy atom. The monoisotopic (exact) mass is 770 g/mol. The fourth-order valence-corrected chi connectivity index (χ4v) is 11.9. The van der Waals surface area contributed by atoms with Crippen molar-refractivity contribution in [2.75, 3.05) is 47.0 Å². The molecule has 3 aromatic carbocycles. The minimum absolute atomic E-state index is 0.0239. The van der Waals surface area contributed by atoms with Gasteiger partial charge < -0.3 is 38.6 Å². The van der Waals surface area contributed by atoms with E-state index >= 15 is 0 Å². The summed E-state index contributed by atoms with van der Waals surface area (Å²) in [5, 5.41) is 36.9. The van der Waals surface area contributed by atoms with Crippen LogP contribution >= 0.6 is 11.8 Å². The first kappa shape index (κ1) is 35.8. The lowest BCUT2D eigenvalue weighted by molar-refractivity contribution is -0.157. The number of carbonyl (C=O) groups excluding carboxylic acids is 2. The SMILES string of the molecule is COc1cc2c(cc1O)CCNC21CSC2c3c(OC(C)=O)c(C)c4c(c3[C@H](COC1=O)N1[C@@H](C#N)C3Cc5cc(C)c(OC)c(O)c5[C@H]([C@H]21)N3C)OCO4. The maximum Gasteiger partial charge on any atom is 0.331 e. The van der Waals surface area contributed by atoms with Crippen LogP contribution in [0, 0.1) is 25.2 Å². The van der Waals surface area contributed by atoms with E-state index in [4.69, 9.17) is 28.4 Å². The van der Waals surface area contributed by atoms with E-state index in [2.05, 4.69) is 21.2 Å². The molecule has 3 unspecified atom stereocenters. The van der Waals surface area contributed by atoms with Crippen LogP contribution in [0.1, 0.15) is 68.8 Å². The number of phenolic OH excluding ortho intramolecular Hbond substituents is 2. The zero-order chi connectivity index (χ0) is 38.7. The molecule has 2 saturated heterocycles. The molecule has 10 rings (SSSR count). The van der Waals surface area contributed by atoms with Gasteiger partial charge in [0.15, 0.2) is 40.0 Å². The molecular formula is C40H42N4O10S. The molecule has 4 bridgehead atoms. The predicted octanol–water partition coefficient (Wildman–Crippen LogP) is 3.99. The Morgan fingerprint density at radius 2 is 1.84 bits per heavy atom. The number of benzene rings is 3. The van der Waals surface area contributed by atoms with Crippen LogP contribution in [0.3, 0.4) is 0 Å². The zero-order valence-corrected chi connectivity index (χ0v) is 32.2. The third kappa shape index (κ3) is 4.90. The summed E-state index contributed by atoms with van der Waals surface area (Å²) in [4.78, 5) is 32.0. The van der Waals surface area contributed by atoms with Crippen molar-refractivity contribution >= 4 is 23.7 Å². The standard InChI is InChI=1S/C40H42N4O10S/c1-17-9-21-10-23-24(13-41)44-25-14-51-39(48)40(22-12-27(49-5)26(46)11-20(22)7-8-42-40)15-55-38(32(44)31(43(23)4)28(21)33(47)34(17)50-6)30-29(25)37-36(52-16-53-37)18(2)35(30)54-19(3)45/h9,11-12,23-25,31-32,38,42,46-47H,7-8,10,14-16H2,1-6H3/t23?,24-,25-,31+,32+,38?,40?/m0/s1. The van der Waals surface area contributed by atoms with E-state index in [0.717, 1.165) is 16.7 Å². The second kappa shape index (κ2) is 12.8. The fraction of sp³-hybridized carbons (Fsp3) is 0.475. The Kier molecular flexibility index (Phi) is 8.36. The average Bonchev–Trinajstić information content (AvgIpc) is 3.65.